The summed E-state index contributed by atoms with van der Waals surface area (Å²) < 4.78 is 11.5. The van der Waals surface area contributed by atoms with Crippen molar-refractivity contribution in [1.29, 1.82) is 0 Å². The summed E-state index contributed by atoms with van der Waals surface area (Å²) in [6.45, 7) is 0.171. The van der Waals surface area contributed by atoms with Crippen LogP contribution in [0.2, 0.25) is 0 Å². The van der Waals surface area contributed by atoms with Crippen LogP contribution in [0.25, 0.3) is 6.08 Å². The predicted octanol–water partition coefficient (Wildman–Crippen LogP) is 2.13. The van der Waals surface area contributed by atoms with Gasteiger partial charge < -0.3 is 24.7 Å². The van der Waals surface area contributed by atoms with E-state index in [1.807, 2.05) is 0 Å². The number of thioether (sulfide) groups is 1. The molecule has 27 heavy (non-hydrogen) atoms. The van der Waals surface area contributed by atoms with Gasteiger partial charge in [-0.3, -0.25) is 4.79 Å². The molecule has 0 spiro atoms. The van der Waals surface area contributed by atoms with Crippen LogP contribution in [0.1, 0.15) is 21.5 Å². The normalized spacial score (nSPS) is 14.9. The number of carboxylic acids is 1. The highest BCUT2D eigenvalue weighted by atomic mass is 32.2. The molecule has 2 aromatic carbocycles. The summed E-state index contributed by atoms with van der Waals surface area (Å²) in [6, 6.07) is 11.6. The van der Waals surface area contributed by atoms with Gasteiger partial charge in [0.25, 0.3) is 5.91 Å². The van der Waals surface area contributed by atoms with Crippen LogP contribution in [-0.4, -0.2) is 23.3 Å². The fraction of sp³-hybridized carbons (Fsp3) is 0.105. The number of thiocarbonyl (C=S) groups is 1. The van der Waals surface area contributed by atoms with Gasteiger partial charge >= 0.3 is 0 Å². The zero-order valence-electron chi connectivity index (χ0n) is 14.2. The quantitative estimate of drug-likeness (QED) is 0.587. The van der Waals surface area contributed by atoms with Gasteiger partial charge in [0.1, 0.15) is 10.9 Å². The first-order chi connectivity index (χ1) is 13.0. The van der Waals surface area contributed by atoms with E-state index in [4.69, 9.17) is 21.7 Å². The number of carbonyl (C=O) groups is 2. The van der Waals surface area contributed by atoms with Crippen molar-refractivity contribution in [3.05, 3.63) is 64.1 Å². The van der Waals surface area contributed by atoms with Crippen LogP contribution in [0.15, 0.2) is 47.4 Å². The zero-order valence-corrected chi connectivity index (χ0v) is 15.8. The Morgan fingerprint density at radius 3 is 2.74 bits per heavy atom. The molecule has 0 atom stereocenters. The number of amides is 1. The minimum absolute atomic E-state index is 0.0929. The van der Waals surface area contributed by atoms with Gasteiger partial charge in [-0.2, -0.15) is 0 Å². The fourth-order valence-electron chi connectivity index (χ4n) is 2.41. The van der Waals surface area contributed by atoms with Gasteiger partial charge in [-0.25, -0.2) is 0 Å². The summed E-state index contributed by atoms with van der Waals surface area (Å²) in [4.78, 5) is 23.2. The van der Waals surface area contributed by atoms with Crippen LogP contribution < -0.4 is 19.9 Å². The smallest absolute Gasteiger partial charge is 0.263 e. The van der Waals surface area contributed by atoms with Crippen LogP contribution in [-0.2, 0) is 11.4 Å². The average molecular weight is 400 g/mol. The number of aromatic carboxylic acids is 1. The van der Waals surface area contributed by atoms with E-state index in [9.17, 15) is 14.7 Å². The summed E-state index contributed by atoms with van der Waals surface area (Å²) in [5.41, 5.74) is 1.55. The molecule has 8 heteroatoms. The van der Waals surface area contributed by atoms with E-state index in [1.54, 1.807) is 36.4 Å². The Hall–Kier alpha value is -2.84. The monoisotopic (exact) mass is 400 g/mol. The molecule has 0 aliphatic carbocycles. The van der Waals surface area contributed by atoms with Gasteiger partial charge in [0, 0.05) is 0 Å². The van der Waals surface area contributed by atoms with E-state index in [1.165, 1.54) is 31.0 Å². The molecule has 138 valence electrons. The van der Waals surface area contributed by atoms with E-state index < -0.39 is 5.97 Å². The van der Waals surface area contributed by atoms with Crippen LogP contribution in [0.4, 0.5) is 0 Å². The first-order valence-electron chi connectivity index (χ1n) is 7.82. The van der Waals surface area contributed by atoms with Crippen molar-refractivity contribution in [2.24, 2.45) is 0 Å². The maximum absolute atomic E-state index is 11.8. The van der Waals surface area contributed by atoms with Crippen molar-refractivity contribution in [1.82, 2.24) is 5.32 Å². The van der Waals surface area contributed by atoms with Gasteiger partial charge in [0.2, 0.25) is 0 Å². The Balaban J connectivity index is 1.76. The molecule has 1 heterocycles. The molecule has 1 aliphatic rings. The van der Waals surface area contributed by atoms with E-state index in [0.29, 0.717) is 26.3 Å². The van der Waals surface area contributed by atoms with Gasteiger partial charge in [0.05, 0.1) is 18.0 Å². The molecular weight excluding hydrogens is 386 g/mol. The van der Waals surface area contributed by atoms with Crippen molar-refractivity contribution >= 4 is 46.3 Å². The van der Waals surface area contributed by atoms with Gasteiger partial charge in [-0.1, -0.05) is 48.2 Å². The number of methoxy groups -OCH3 is 1. The Bertz CT molecular complexity index is 955. The Labute approximate surface area is 165 Å². The third-order valence-corrected chi connectivity index (χ3v) is 4.85. The molecule has 0 radical (unpaired) electrons. The molecule has 1 saturated heterocycles. The molecule has 1 amide bonds. The van der Waals surface area contributed by atoms with Crippen molar-refractivity contribution in [2.45, 2.75) is 6.61 Å². The molecule has 1 N–H and O–H groups in total. The minimum Gasteiger partial charge on any atom is -0.545 e. The molecular formula is C19H14NO5S2-. The second kappa shape index (κ2) is 8.24. The highest BCUT2D eigenvalue weighted by Crippen LogP contribution is 2.32. The molecule has 2 aromatic rings. The van der Waals surface area contributed by atoms with Gasteiger partial charge in [0.15, 0.2) is 11.5 Å². The average Bonchev–Trinajstić information content (AvgIpc) is 2.97. The molecule has 1 aliphatic heterocycles. The van der Waals surface area contributed by atoms with Crippen LogP contribution in [0, 0.1) is 0 Å². The van der Waals surface area contributed by atoms with E-state index in [-0.39, 0.29) is 18.1 Å². The maximum Gasteiger partial charge on any atom is 0.263 e. The third kappa shape index (κ3) is 4.66. The summed E-state index contributed by atoms with van der Waals surface area (Å²) in [5, 5.41) is 13.5. The fourth-order valence-corrected chi connectivity index (χ4v) is 3.46. The van der Waals surface area contributed by atoms with Crippen LogP contribution in [0.3, 0.4) is 0 Å². The van der Waals surface area contributed by atoms with Crippen molar-refractivity contribution in [2.75, 3.05) is 7.11 Å². The first kappa shape index (κ1) is 18.9. The predicted molar refractivity (Wildman–Crippen MR) is 104 cm³/mol. The van der Waals surface area contributed by atoms with Crippen molar-refractivity contribution in [3.8, 4) is 11.5 Å². The minimum atomic E-state index is -1.24. The highest BCUT2D eigenvalue weighted by Gasteiger charge is 2.22. The largest absolute Gasteiger partial charge is 0.545 e. The Morgan fingerprint density at radius 2 is 2.07 bits per heavy atom. The van der Waals surface area contributed by atoms with E-state index >= 15 is 0 Å². The van der Waals surface area contributed by atoms with E-state index in [2.05, 4.69) is 5.32 Å². The lowest BCUT2D eigenvalue weighted by Crippen LogP contribution is -2.22. The number of benzene rings is 2. The first-order valence-corrected chi connectivity index (χ1v) is 9.04. The molecule has 0 bridgehead atoms. The Kier molecular flexibility index (Phi) is 5.78. The van der Waals surface area contributed by atoms with Crippen LogP contribution >= 0.6 is 24.0 Å². The lowest BCUT2D eigenvalue weighted by atomic mass is 10.1. The molecule has 0 aromatic heterocycles. The van der Waals surface area contributed by atoms with E-state index in [0.717, 1.165) is 5.56 Å². The number of carboxylic acid groups (broad SMARTS) is 1. The summed E-state index contributed by atoms with van der Waals surface area (Å²) >= 11 is 6.17. The number of carbonyl (C=O) groups excluding carboxylic acids is 2. The lowest BCUT2D eigenvalue weighted by Gasteiger charge is -2.12. The zero-order chi connectivity index (χ0) is 19.4. The van der Waals surface area contributed by atoms with Gasteiger partial charge in [-0.15, -0.1) is 0 Å². The molecule has 3 rings (SSSR count). The highest BCUT2D eigenvalue weighted by molar-refractivity contribution is 8.26. The van der Waals surface area contributed by atoms with Crippen molar-refractivity contribution < 1.29 is 24.2 Å². The third-order valence-electron chi connectivity index (χ3n) is 3.68. The number of hydrogen-bond donors (Lipinski definition) is 1. The summed E-state index contributed by atoms with van der Waals surface area (Å²) in [7, 11) is 1.52. The molecule has 1 fully saturated rings. The number of nitrogens with one attached hydrogen (secondary N) is 1. The molecule has 0 saturated carbocycles. The SMILES string of the molecule is COc1cc(/C=C2\SC(=S)NC2=O)ccc1OCc1cccc(C(=O)[O-])c1. The molecule has 0 unspecified atom stereocenters. The number of hydrogen-bond acceptors (Lipinski definition) is 7. The van der Waals surface area contributed by atoms with Crippen LogP contribution in [0.5, 0.6) is 11.5 Å². The Morgan fingerprint density at radius 1 is 1.26 bits per heavy atom. The van der Waals surface area contributed by atoms with Crippen molar-refractivity contribution in [3.63, 3.8) is 0 Å². The van der Waals surface area contributed by atoms with Gasteiger partial charge in [-0.05, 0) is 41.0 Å². The number of rotatable bonds is 6. The second-order valence-electron chi connectivity index (χ2n) is 5.54. The standard InChI is InChI=1S/C19H15NO5S2/c1-24-15-8-11(9-16-17(21)20-19(26)27-16)5-6-14(15)25-10-12-3-2-4-13(7-12)18(22)23/h2-9H,10H2,1H3,(H,22,23)(H,20,21,26)/p-1/b16-9-. The number of ether oxygens (including phenoxy) is 2. The lowest BCUT2D eigenvalue weighted by molar-refractivity contribution is -0.255. The summed E-state index contributed by atoms with van der Waals surface area (Å²) in [6.07, 6.45) is 1.72. The molecule has 6 nitrogen and oxygen atoms in total. The topological polar surface area (TPSA) is 87.7 Å². The summed E-state index contributed by atoms with van der Waals surface area (Å²) in [5.74, 6) is -0.471. The second-order valence-corrected chi connectivity index (χ2v) is 7.26. The maximum atomic E-state index is 11.8.